The van der Waals surface area contributed by atoms with Gasteiger partial charge in [0.25, 0.3) is 0 Å². The van der Waals surface area contributed by atoms with Crippen LogP contribution in [0.15, 0.2) is 40.8 Å². The monoisotopic (exact) mass is 382 g/mol. The van der Waals surface area contributed by atoms with E-state index in [0.717, 1.165) is 11.3 Å². The molecule has 0 radical (unpaired) electrons. The highest BCUT2D eigenvalue weighted by Crippen LogP contribution is 2.49. The molecule has 0 bridgehead atoms. The Morgan fingerprint density at radius 1 is 1.36 bits per heavy atom. The minimum atomic E-state index is -0.571. The minimum absolute atomic E-state index is 0.225. The number of carbonyl (C=O) groups is 1. The van der Waals surface area contributed by atoms with E-state index in [2.05, 4.69) is 15.5 Å². The lowest BCUT2D eigenvalue weighted by molar-refractivity contribution is -0.114. The SMILES string of the molecule is CCOc1ncc(C)c2c1[C@H](c1ccc(N=O)cc1OC)C(C(N)=O)=C(C)N2. The van der Waals surface area contributed by atoms with Crippen molar-refractivity contribution in [2.75, 3.05) is 19.0 Å². The Kier molecular flexibility index (Phi) is 5.30. The zero-order valence-corrected chi connectivity index (χ0v) is 16.2. The molecule has 1 aromatic carbocycles. The van der Waals surface area contributed by atoms with Gasteiger partial charge in [0.05, 0.1) is 30.9 Å². The molecule has 3 N–H and O–H groups in total. The lowest BCUT2D eigenvalue weighted by atomic mass is 9.79. The van der Waals surface area contributed by atoms with Crippen molar-refractivity contribution in [3.8, 4) is 11.6 Å². The number of primary amides is 1. The van der Waals surface area contributed by atoms with Gasteiger partial charge in [-0.3, -0.25) is 4.79 Å². The van der Waals surface area contributed by atoms with Crippen LogP contribution in [0.25, 0.3) is 0 Å². The van der Waals surface area contributed by atoms with E-state index in [1.807, 2.05) is 13.8 Å². The van der Waals surface area contributed by atoms with Crippen LogP contribution in [-0.2, 0) is 4.79 Å². The van der Waals surface area contributed by atoms with Crippen molar-refractivity contribution in [1.82, 2.24) is 4.98 Å². The number of hydrogen-bond donors (Lipinski definition) is 2. The first kappa shape index (κ1) is 19.3. The van der Waals surface area contributed by atoms with Crippen molar-refractivity contribution in [3.63, 3.8) is 0 Å². The van der Waals surface area contributed by atoms with Gasteiger partial charge in [0, 0.05) is 29.1 Å². The van der Waals surface area contributed by atoms with E-state index in [-0.39, 0.29) is 5.69 Å². The number of carbonyl (C=O) groups excluding carboxylic acids is 1. The second-order valence-corrected chi connectivity index (χ2v) is 6.45. The normalized spacial score (nSPS) is 15.5. The first-order chi connectivity index (χ1) is 13.4. The molecule has 0 spiro atoms. The van der Waals surface area contributed by atoms with Gasteiger partial charge in [0.15, 0.2) is 0 Å². The fourth-order valence-corrected chi connectivity index (χ4v) is 3.54. The average Bonchev–Trinajstić information content (AvgIpc) is 2.68. The first-order valence-electron chi connectivity index (χ1n) is 8.84. The topological polar surface area (TPSA) is 116 Å². The molecule has 0 saturated heterocycles. The van der Waals surface area contributed by atoms with E-state index in [0.29, 0.717) is 40.6 Å². The van der Waals surface area contributed by atoms with Crippen LogP contribution in [0.4, 0.5) is 11.4 Å². The summed E-state index contributed by atoms with van der Waals surface area (Å²) < 4.78 is 11.3. The molecule has 0 unspecified atom stereocenters. The van der Waals surface area contributed by atoms with Crippen LogP contribution >= 0.6 is 0 Å². The number of benzene rings is 1. The summed E-state index contributed by atoms with van der Waals surface area (Å²) in [6, 6.07) is 4.81. The predicted molar refractivity (Wildman–Crippen MR) is 106 cm³/mol. The van der Waals surface area contributed by atoms with Crippen molar-refractivity contribution in [2.24, 2.45) is 10.9 Å². The highest BCUT2D eigenvalue weighted by atomic mass is 16.5. The third-order valence-corrected chi connectivity index (χ3v) is 4.74. The number of amides is 1. The summed E-state index contributed by atoms with van der Waals surface area (Å²) in [7, 11) is 1.49. The van der Waals surface area contributed by atoms with Crippen LogP contribution in [-0.4, -0.2) is 24.6 Å². The molecule has 8 heteroatoms. The minimum Gasteiger partial charge on any atom is -0.496 e. The van der Waals surface area contributed by atoms with E-state index in [1.165, 1.54) is 13.2 Å². The number of nitrogens with zero attached hydrogens (tertiary/aromatic N) is 2. The van der Waals surface area contributed by atoms with Crippen LogP contribution in [0.5, 0.6) is 11.6 Å². The van der Waals surface area contributed by atoms with Gasteiger partial charge in [-0.05, 0) is 37.6 Å². The Balaban J connectivity index is 2.36. The fourth-order valence-electron chi connectivity index (χ4n) is 3.54. The lowest BCUT2D eigenvalue weighted by Crippen LogP contribution is -2.28. The summed E-state index contributed by atoms with van der Waals surface area (Å²) in [5, 5.41) is 6.22. The van der Waals surface area contributed by atoms with Gasteiger partial charge in [0.2, 0.25) is 11.8 Å². The van der Waals surface area contributed by atoms with Crippen molar-refractivity contribution >= 4 is 17.3 Å². The van der Waals surface area contributed by atoms with E-state index in [4.69, 9.17) is 15.2 Å². The first-order valence-corrected chi connectivity index (χ1v) is 8.84. The number of fused-ring (bicyclic) bond motifs is 1. The standard InChI is InChI=1S/C20H22N4O4/c1-5-28-20-17-16(13-7-6-12(24-26)8-14(13)27-4)15(19(21)25)11(3)23-18(17)10(2)9-22-20/h6-9,16,23H,5H2,1-4H3,(H2,21,25)/t16-/m1/s1. The van der Waals surface area contributed by atoms with E-state index < -0.39 is 11.8 Å². The number of aromatic nitrogens is 1. The third-order valence-electron chi connectivity index (χ3n) is 4.74. The fraction of sp³-hybridized carbons (Fsp3) is 0.300. The Morgan fingerprint density at radius 3 is 2.71 bits per heavy atom. The Bertz CT molecular complexity index is 984. The lowest BCUT2D eigenvalue weighted by Gasteiger charge is -2.32. The number of nitrogens with two attached hydrogens (primary N) is 1. The number of aryl methyl sites for hydroxylation is 1. The molecule has 1 aliphatic rings. The van der Waals surface area contributed by atoms with Crippen LogP contribution in [0.1, 0.15) is 36.5 Å². The van der Waals surface area contributed by atoms with E-state index in [1.54, 1.807) is 25.3 Å². The van der Waals surface area contributed by atoms with Crippen molar-refractivity contribution in [1.29, 1.82) is 0 Å². The predicted octanol–water partition coefficient (Wildman–Crippen LogP) is 3.51. The zero-order valence-electron chi connectivity index (χ0n) is 16.2. The number of rotatable bonds is 6. The second-order valence-electron chi connectivity index (χ2n) is 6.45. The highest BCUT2D eigenvalue weighted by Gasteiger charge is 2.36. The van der Waals surface area contributed by atoms with Crippen LogP contribution < -0.4 is 20.5 Å². The maximum atomic E-state index is 12.4. The number of nitroso groups, excluding NO2 is 1. The number of ether oxygens (including phenoxy) is 2. The molecule has 2 heterocycles. The quantitative estimate of drug-likeness (QED) is 0.739. The molecule has 0 aliphatic carbocycles. The van der Waals surface area contributed by atoms with Crippen molar-refractivity contribution in [2.45, 2.75) is 26.7 Å². The number of pyridine rings is 1. The number of hydrogen-bond acceptors (Lipinski definition) is 7. The van der Waals surface area contributed by atoms with Gasteiger partial charge in [0.1, 0.15) is 11.4 Å². The molecule has 8 nitrogen and oxygen atoms in total. The molecule has 1 amide bonds. The van der Waals surface area contributed by atoms with E-state index >= 15 is 0 Å². The summed E-state index contributed by atoms with van der Waals surface area (Å²) >= 11 is 0. The number of methoxy groups -OCH3 is 1. The van der Waals surface area contributed by atoms with Gasteiger partial charge in [-0.1, -0.05) is 6.07 Å². The molecule has 0 saturated carbocycles. The van der Waals surface area contributed by atoms with Crippen molar-refractivity contribution < 1.29 is 14.3 Å². The summed E-state index contributed by atoms with van der Waals surface area (Å²) in [6.07, 6.45) is 1.72. The summed E-state index contributed by atoms with van der Waals surface area (Å²) in [5.41, 5.74) is 10.1. The van der Waals surface area contributed by atoms with Crippen LogP contribution in [0.3, 0.4) is 0 Å². The van der Waals surface area contributed by atoms with E-state index in [9.17, 15) is 9.70 Å². The molecule has 2 aromatic rings. The maximum Gasteiger partial charge on any atom is 0.247 e. The van der Waals surface area contributed by atoms with Gasteiger partial charge < -0.3 is 20.5 Å². The maximum absolute atomic E-state index is 12.4. The molecule has 0 fully saturated rings. The molecular formula is C20H22N4O4. The average molecular weight is 382 g/mol. The van der Waals surface area contributed by atoms with Crippen molar-refractivity contribution in [3.05, 3.63) is 57.3 Å². The summed E-state index contributed by atoms with van der Waals surface area (Å²) in [6.45, 7) is 5.99. The molecular weight excluding hydrogens is 360 g/mol. The zero-order chi connectivity index (χ0) is 20.4. The molecule has 1 aromatic heterocycles. The second kappa shape index (κ2) is 7.67. The Morgan fingerprint density at radius 2 is 2.11 bits per heavy atom. The summed E-state index contributed by atoms with van der Waals surface area (Å²) in [5.74, 6) is -0.306. The van der Waals surface area contributed by atoms with Crippen LogP contribution in [0.2, 0.25) is 0 Å². The number of allylic oxidation sites excluding steroid dienone is 1. The third kappa shape index (κ3) is 3.17. The van der Waals surface area contributed by atoms with Gasteiger partial charge in [-0.2, -0.15) is 0 Å². The van der Waals surface area contributed by atoms with Gasteiger partial charge in [-0.15, -0.1) is 4.91 Å². The molecule has 3 rings (SSSR count). The molecule has 1 aliphatic heterocycles. The smallest absolute Gasteiger partial charge is 0.247 e. The summed E-state index contributed by atoms with van der Waals surface area (Å²) in [4.78, 5) is 27.7. The van der Waals surface area contributed by atoms with Gasteiger partial charge >= 0.3 is 0 Å². The van der Waals surface area contributed by atoms with Gasteiger partial charge in [-0.25, -0.2) is 4.98 Å². The molecule has 1 atom stereocenters. The highest BCUT2D eigenvalue weighted by molar-refractivity contribution is 5.98. The Labute approximate surface area is 162 Å². The molecule has 28 heavy (non-hydrogen) atoms. The largest absolute Gasteiger partial charge is 0.496 e. The Hall–Kier alpha value is -3.42. The van der Waals surface area contributed by atoms with Crippen LogP contribution in [0, 0.1) is 11.8 Å². The molecule has 146 valence electrons. The number of nitrogens with one attached hydrogen (secondary N) is 1. The number of anilines is 1.